The molecule has 2 aromatic rings. The van der Waals surface area contributed by atoms with Crippen LogP contribution in [-0.4, -0.2) is 39.7 Å². The van der Waals surface area contributed by atoms with Crippen molar-refractivity contribution in [3.8, 4) is 5.75 Å². The highest BCUT2D eigenvalue weighted by atomic mass is 19.3. The molecule has 166 valence electrons. The van der Waals surface area contributed by atoms with E-state index in [0.29, 0.717) is 24.9 Å². The number of rotatable bonds is 5. The number of amides is 1. The third-order valence-corrected chi connectivity index (χ3v) is 6.28. The zero-order valence-electron chi connectivity index (χ0n) is 17.0. The minimum absolute atomic E-state index is 0.182. The van der Waals surface area contributed by atoms with Crippen molar-refractivity contribution < 1.29 is 23.1 Å². The highest BCUT2D eigenvalue weighted by Crippen LogP contribution is 2.44. The van der Waals surface area contributed by atoms with Crippen molar-refractivity contribution >= 4 is 5.91 Å². The number of fused-ring (bicyclic) bond motifs is 3. The summed E-state index contributed by atoms with van der Waals surface area (Å²) in [5.74, 6) is -1.94. The molecule has 3 heterocycles. The lowest BCUT2D eigenvalue weighted by atomic mass is 9.80. The van der Waals surface area contributed by atoms with E-state index in [1.807, 2.05) is 0 Å². The predicted molar refractivity (Wildman–Crippen MR) is 108 cm³/mol. The normalized spacial score (nSPS) is 23.1. The molecule has 0 aliphatic carbocycles. The molecular weight excluding hydrogens is 411 g/mol. The summed E-state index contributed by atoms with van der Waals surface area (Å²) in [5.41, 5.74) is -0.551. The maximum Gasteiger partial charge on any atom is 0.278 e. The molecular formula is C22H24F3N3O3. The molecule has 1 saturated heterocycles. The van der Waals surface area contributed by atoms with Gasteiger partial charge >= 0.3 is 0 Å². The van der Waals surface area contributed by atoms with Gasteiger partial charge in [0.15, 0.2) is 11.4 Å². The van der Waals surface area contributed by atoms with E-state index in [-0.39, 0.29) is 24.5 Å². The average molecular weight is 435 g/mol. The standard InChI is InChI=1S/C22H24F3N3O3/c1-2-26-18-10-8-13(7-9-17(24)25)19(14-5-3-4-6-15(14)23)28(18)27-12-11-16(29)21(30)20(27)22(26)31/h3-6,11-13,17-19,30H,2,7-10H2,1H3. The summed E-state index contributed by atoms with van der Waals surface area (Å²) in [7, 11) is 0. The Balaban J connectivity index is 1.91. The molecule has 6 nitrogen and oxygen atoms in total. The summed E-state index contributed by atoms with van der Waals surface area (Å²) >= 11 is 0. The first-order valence-corrected chi connectivity index (χ1v) is 10.4. The molecule has 0 radical (unpaired) electrons. The second-order valence-corrected chi connectivity index (χ2v) is 7.95. The Morgan fingerprint density at radius 2 is 1.90 bits per heavy atom. The molecule has 0 bridgehead atoms. The lowest BCUT2D eigenvalue weighted by Gasteiger charge is -2.54. The molecule has 1 aromatic heterocycles. The van der Waals surface area contributed by atoms with Crippen molar-refractivity contribution in [1.29, 1.82) is 0 Å². The first-order chi connectivity index (χ1) is 14.8. The van der Waals surface area contributed by atoms with Gasteiger partial charge in [0, 0.05) is 30.8 Å². The number of nitrogens with zero attached hydrogens (tertiary/aromatic N) is 3. The molecule has 1 amide bonds. The monoisotopic (exact) mass is 435 g/mol. The summed E-state index contributed by atoms with van der Waals surface area (Å²) in [5, 5.41) is 12.2. The Morgan fingerprint density at radius 3 is 2.58 bits per heavy atom. The van der Waals surface area contributed by atoms with E-state index >= 15 is 0 Å². The summed E-state index contributed by atoms with van der Waals surface area (Å²) in [4.78, 5) is 26.7. The average Bonchev–Trinajstić information content (AvgIpc) is 2.75. The van der Waals surface area contributed by atoms with Crippen molar-refractivity contribution in [2.45, 2.75) is 51.2 Å². The molecule has 31 heavy (non-hydrogen) atoms. The number of benzene rings is 1. The molecule has 3 atom stereocenters. The van der Waals surface area contributed by atoms with Gasteiger partial charge in [-0.1, -0.05) is 18.2 Å². The molecule has 0 spiro atoms. The van der Waals surface area contributed by atoms with Gasteiger partial charge in [0.05, 0.1) is 6.04 Å². The molecule has 1 fully saturated rings. The molecule has 0 saturated carbocycles. The first kappa shape index (κ1) is 21.3. The molecule has 3 unspecified atom stereocenters. The van der Waals surface area contributed by atoms with E-state index in [1.54, 1.807) is 30.1 Å². The smallest absolute Gasteiger partial charge is 0.278 e. The van der Waals surface area contributed by atoms with Crippen LogP contribution in [0.25, 0.3) is 0 Å². The van der Waals surface area contributed by atoms with Crippen LogP contribution >= 0.6 is 0 Å². The van der Waals surface area contributed by atoms with Gasteiger partial charge in [0.25, 0.3) is 5.91 Å². The number of carbonyl (C=O) groups is 1. The van der Waals surface area contributed by atoms with Gasteiger partial charge in [-0.2, -0.15) is 0 Å². The zero-order chi connectivity index (χ0) is 22.3. The topological polar surface area (TPSA) is 65.8 Å². The van der Waals surface area contributed by atoms with Crippen molar-refractivity contribution in [2.24, 2.45) is 5.92 Å². The largest absolute Gasteiger partial charge is 0.502 e. The molecule has 4 rings (SSSR count). The lowest BCUT2D eigenvalue weighted by Crippen LogP contribution is -2.65. The van der Waals surface area contributed by atoms with Crippen LogP contribution in [0.5, 0.6) is 5.75 Å². The Kier molecular flexibility index (Phi) is 5.68. The fraction of sp³-hybridized carbons (Fsp3) is 0.455. The minimum atomic E-state index is -2.47. The van der Waals surface area contributed by atoms with Gasteiger partial charge in [-0.25, -0.2) is 13.2 Å². The maximum atomic E-state index is 14.9. The van der Waals surface area contributed by atoms with Crippen molar-refractivity contribution in [3.05, 3.63) is 63.8 Å². The van der Waals surface area contributed by atoms with Crippen LogP contribution in [0.2, 0.25) is 0 Å². The second-order valence-electron chi connectivity index (χ2n) is 7.95. The lowest BCUT2D eigenvalue weighted by molar-refractivity contribution is 0.0396. The highest BCUT2D eigenvalue weighted by molar-refractivity contribution is 5.96. The number of halogens is 3. The van der Waals surface area contributed by atoms with E-state index in [9.17, 15) is 27.9 Å². The Labute approximate surface area is 177 Å². The van der Waals surface area contributed by atoms with E-state index in [1.165, 1.54) is 21.8 Å². The number of carbonyl (C=O) groups excluding carboxylic acids is 1. The van der Waals surface area contributed by atoms with Gasteiger partial charge in [-0.05, 0) is 38.2 Å². The van der Waals surface area contributed by atoms with Crippen LogP contribution in [0.15, 0.2) is 41.3 Å². The van der Waals surface area contributed by atoms with Crippen molar-refractivity contribution in [2.75, 3.05) is 11.6 Å². The van der Waals surface area contributed by atoms with Crippen LogP contribution in [0.4, 0.5) is 13.2 Å². The predicted octanol–water partition coefficient (Wildman–Crippen LogP) is 3.63. The van der Waals surface area contributed by atoms with E-state index < -0.39 is 41.5 Å². The first-order valence-electron chi connectivity index (χ1n) is 10.4. The number of aromatic hydroxyl groups is 1. The molecule has 2 aliphatic rings. The van der Waals surface area contributed by atoms with E-state index in [4.69, 9.17) is 0 Å². The van der Waals surface area contributed by atoms with Gasteiger partial charge in [-0.3, -0.25) is 19.3 Å². The summed E-state index contributed by atoms with van der Waals surface area (Å²) in [6.07, 6.45) is -0.629. The van der Waals surface area contributed by atoms with Gasteiger partial charge in [0.2, 0.25) is 11.9 Å². The molecule has 9 heteroatoms. The summed E-state index contributed by atoms with van der Waals surface area (Å²) in [6.45, 7) is 2.10. The third kappa shape index (κ3) is 3.55. The summed E-state index contributed by atoms with van der Waals surface area (Å²) < 4.78 is 42.4. The second kappa shape index (κ2) is 8.28. The van der Waals surface area contributed by atoms with Gasteiger partial charge in [0.1, 0.15) is 12.0 Å². The molecule has 2 aliphatic heterocycles. The van der Waals surface area contributed by atoms with Crippen molar-refractivity contribution in [3.63, 3.8) is 0 Å². The fourth-order valence-corrected chi connectivity index (χ4v) is 4.92. The summed E-state index contributed by atoms with van der Waals surface area (Å²) in [6, 6.07) is 6.67. The van der Waals surface area contributed by atoms with Crippen LogP contribution in [-0.2, 0) is 0 Å². The number of hydrogen-bond acceptors (Lipinski definition) is 4. The number of aromatic nitrogens is 1. The van der Waals surface area contributed by atoms with E-state index in [2.05, 4.69) is 0 Å². The number of hydrogen-bond donors (Lipinski definition) is 1. The third-order valence-electron chi connectivity index (χ3n) is 6.28. The maximum absolute atomic E-state index is 14.9. The minimum Gasteiger partial charge on any atom is -0.502 e. The van der Waals surface area contributed by atoms with Crippen molar-refractivity contribution in [1.82, 2.24) is 9.58 Å². The van der Waals surface area contributed by atoms with Crippen LogP contribution < -0.4 is 10.4 Å². The van der Waals surface area contributed by atoms with Gasteiger partial charge in [-0.15, -0.1) is 0 Å². The Morgan fingerprint density at radius 1 is 1.16 bits per heavy atom. The SMILES string of the molecule is CCN1C(=O)c2c(O)c(=O)ccn2N2C(c3ccccc3F)C(CCC(F)F)CCC12. The Hall–Kier alpha value is -2.97. The zero-order valence-corrected chi connectivity index (χ0v) is 17.0. The van der Waals surface area contributed by atoms with Gasteiger partial charge < -0.3 is 10.0 Å². The fourth-order valence-electron chi connectivity index (χ4n) is 4.92. The number of alkyl halides is 2. The van der Waals surface area contributed by atoms with Crippen LogP contribution in [0.3, 0.4) is 0 Å². The number of piperidine rings is 1. The van der Waals surface area contributed by atoms with E-state index in [0.717, 1.165) is 6.07 Å². The molecule has 1 N–H and O–H groups in total. The molecule has 1 aromatic carbocycles. The van der Waals surface area contributed by atoms with Crippen LogP contribution in [0, 0.1) is 11.7 Å². The quantitative estimate of drug-likeness (QED) is 0.779. The highest BCUT2D eigenvalue weighted by Gasteiger charge is 2.47. The number of pyridine rings is 1. The Bertz CT molecular complexity index is 1040. The van der Waals surface area contributed by atoms with Crippen LogP contribution in [0.1, 0.15) is 54.7 Å².